The van der Waals surface area contributed by atoms with Crippen LogP contribution >= 0.6 is 0 Å². The monoisotopic (exact) mass is 328 g/mol. The summed E-state index contributed by atoms with van der Waals surface area (Å²) in [6.45, 7) is 0.355. The van der Waals surface area contributed by atoms with E-state index in [9.17, 15) is 14.3 Å². The quantitative estimate of drug-likeness (QED) is 0.937. The topological polar surface area (TPSA) is 62.7 Å². The molecule has 1 N–H and O–H groups in total. The molecule has 1 saturated carbocycles. The normalized spacial score (nSPS) is 19.5. The Morgan fingerprint density at radius 2 is 2.04 bits per heavy atom. The molecule has 124 valence electrons. The summed E-state index contributed by atoms with van der Waals surface area (Å²) in [6.07, 6.45) is 3.34. The maximum absolute atomic E-state index is 13.0. The van der Waals surface area contributed by atoms with Crippen molar-refractivity contribution in [1.29, 1.82) is 0 Å². The molecule has 6 heteroatoms. The van der Waals surface area contributed by atoms with E-state index in [-0.39, 0.29) is 11.9 Å². The molecule has 1 unspecified atom stereocenters. The van der Waals surface area contributed by atoms with Crippen LogP contribution in [0.5, 0.6) is 5.88 Å². The summed E-state index contributed by atoms with van der Waals surface area (Å²) in [5.74, 6) is 0.451. The predicted molar refractivity (Wildman–Crippen MR) is 86.0 cm³/mol. The van der Waals surface area contributed by atoms with Crippen LogP contribution in [0.1, 0.15) is 24.0 Å². The Bertz CT molecular complexity index is 774. The van der Waals surface area contributed by atoms with Crippen molar-refractivity contribution in [3.05, 3.63) is 53.5 Å². The molecule has 1 aromatic carbocycles. The first kappa shape index (κ1) is 14.9. The first-order valence-electron chi connectivity index (χ1n) is 8.00. The highest BCUT2D eigenvalue weighted by molar-refractivity contribution is 5.89. The van der Waals surface area contributed by atoms with Gasteiger partial charge in [-0.2, -0.15) is 0 Å². The molecule has 24 heavy (non-hydrogen) atoms. The summed E-state index contributed by atoms with van der Waals surface area (Å²) >= 11 is 0. The van der Waals surface area contributed by atoms with E-state index in [2.05, 4.69) is 4.98 Å². The third-order valence-corrected chi connectivity index (χ3v) is 4.56. The molecular formula is C18H17FN2O3. The molecule has 2 heterocycles. The molecule has 1 fully saturated rings. The largest absolute Gasteiger partial charge is 0.474 e. The van der Waals surface area contributed by atoms with E-state index in [1.807, 2.05) is 6.07 Å². The van der Waals surface area contributed by atoms with Crippen LogP contribution in [0.3, 0.4) is 0 Å². The zero-order valence-corrected chi connectivity index (χ0v) is 13.0. The molecule has 1 aliphatic carbocycles. The second kappa shape index (κ2) is 5.78. The number of anilines is 1. The summed E-state index contributed by atoms with van der Waals surface area (Å²) in [4.78, 5) is 17.4. The Morgan fingerprint density at radius 3 is 2.71 bits per heavy atom. The number of amides is 1. The van der Waals surface area contributed by atoms with Crippen LogP contribution in [0, 0.1) is 11.7 Å². The van der Waals surface area contributed by atoms with Gasteiger partial charge in [0, 0.05) is 6.20 Å². The lowest BCUT2D eigenvalue weighted by Crippen LogP contribution is -2.47. The van der Waals surface area contributed by atoms with E-state index in [0.717, 1.165) is 24.0 Å². The molecule has 2 aliphatic rings. The molecule has 2 aromatic rings. The zero-order valence-electron chi connectivity index (χ0n) is 13.0. The van der Waals surface area contributed by atoms with E-state index in [1.54, 1.807) is 18.3 Å². The minimum atomic E-state index is -0.975. The number of carbonyl (C=O) groups is 1. The van der Waals surface area contributed by atoms with Crippen LogP contribution in [0.2, 0.25) is 0 Å². The van der Waals surface area contributed by atoms with Crippen molar-refractivity contribution in [3.8, 4) is 5.88 Å². The standard InChI is InChI=1S/C18H17FN2O3/c19-14-5-1-11(2-6-14)7-12-8-15-17(20-9-12)24-10-16(13-3-4-13)21(15)18(22)23/h1-2,5-6,8-9,13,16H,3-4,7,10H2,(H,22,23). The highest BCUT2D eigenvalue weighted by atomic mass is 19.1. The van der Waals surface area contributed by atoms with Gasteiger partial charge < -0.3 is 9.84 Å². The molecule has 1 amide bonds. The Kier molecular flexibility index (Phi) is 3.59. The number of carboxylic acid groups (broad SMARTS) is 1. The van der Waals surface area contributed by atoms with E-state index in [4.69, 9.17) is 4.74 Å². The number of ether oxygens (including phenoxy) is 1. The number of hydrogen-bond donors (Lipinski definition) is 1. The predicted octanol–water partition coefficient (Wildman–Crippen LogP) is 3.47. The number of halogens is 1. The van der Waals surface area contributed by atoms with Gasteiger partial charge in [-0.3, -0.25) is 4.90 Å². The van der Waals surface area contributed by atoms with Gasteiger partial charge in [0.1, 0.15) is 18.1 Å². The van der Waals surface area contributed by atoms with Gasteiger partial charge in [0.05, 0.1) is 6.04 Å². The Balaban J connectivity index is 1.65. The average Bonchev–Trinajstić information content (AvgIpc) is 3.40. The second-order valence-corrected chi connectivity index (χ2v) is 6.34. The van der Waals surface area contributed by atoms with Crippen LogP contribution in [-0.2, 0) is 6.42 Å². The lowest BCUT2D eigenvalue weighted by Gasteiger charge is -2.34. The van der Waals surface area contributed by atoms with Crippen LogP contribution < -0.4 is 9.64 Å². The molecule has 5 nitrogen and oxygen atoms in total. The average molecular weight is 328 g/mol. The number of fused-ring (bicyclic) bond motifs is 1. The highest BCUT2D eigenvalue weighted by Crippen LogP contribution is 2.42. The van der Waals surface area contributed by atoms with Crippen molar-refractivity contribution < 1.29 is 19.0 Å². The molecule has 0 saturated heterocycles. The SMILES string of the molecule is O=C(O)N1c2cc(Cc3ccc(F)cc3)cnc2OCC1C1CC1. The minimum absolute atomic E-state index is 0.141. The first-order chi connectivity index (χ1) is 11.6. The number of hydrogen-bond acceptors (Lipinski definition) is 3. The van der Waals surface area contributed by atoms with Gasteiger partial charge in [-0.1, -0.05) is 12.1 Å². The van der Waals surface area contributed by atoms with Crippen LogP contribution in [-0.4, -0.2) is 28.8 Å². The van der Waals surface area contributed by atoms with Crippen LogP contribution in [0.25, 0.3) is 0 Å². The molecular weight excluding hydrogens is 311 g/mol. The fraction of sp³-hybridized carbons (Fsp3) is 0.333. The molecule has 0 radical (unpaired) electrons. The second-order valence-electron chi connectivity index (χ2n) is 6.34. The number of nitrogens with zero attached hydrogens (tertiary/aromatic N) is 2. The third-order valence-electron chi connectivity index (χ3n) is 4.56. The number of benzene rings is 1. The minimum Gasteiger partial charge on any atom is -0.474 e. The van der Waals surface area contributed by atoms with E-state index < -0.39 is 6.09 Å². The smallest absolute Gasteiger partial charge is 0.412 e. The Labute approximate surface area is 138 Å². The van der Waals surface area contributed by atoms with Crippen molar-refractivity contribution in [1.82, 2.24) is 4.98 Å². The molecule has 4 rings (SSSR count). The molecule has 1 aromatic heterocycles. The van der Waals surface area contributed by atoms with Gasteiger partial charge in [0.2, 0.25) is 5.88 Å². The van der Waals surface area contributed by atoms with Gasteiger partial charge in [-0.15, -0.1) is 0 Å². The molecule has 0 spiro atoms. The number of aromatic nitrogens is 1. The van der Waals surface area contributed by atoms with Gasteiger partial charge >= 0.3 is 6.09 Å². The summed E-state index contributed by atoms with van der Waals surface area (Å²) in [6, 6.07) is 7.93. The summed E-state index contributed by atoms with van der Waals surface area (Å²) in [5.41, 5.74) is 2.31. The maximum Gasteiger partial charge on any atom is 0.412 e. The maximum atomic E-state index is 13.0. The van der Waals surface area contributed by atoms with Crippen molar-refractivity contribution in [2.24, 2.45) is 5.92 Å². The zero-order chi connectivity index (χ0) is 16.7. The summed E-state index contributed by atoms with van der Waals surface area (Å²) in [5, 5.41) is 9.64. The van der Waals surface area contributed by atoms with E-state index in [0.29, 0.717) is 30.5 Å². The molecule has 0 bridgehead atoms. The Hall–Kier alpha value is -2.63. The lowest BCUT2D eigenvalue weighted by atomic mass is 10.0. The van der Waals surface area contributed by atoms with Crippen molar-refractivity contribution >= 4 is 11.8 Å². The number of rotatable bonds is 3. The van der Waals surface area contributed by atoms with Crippen molar-refractivity contribution in [2.75, 3.05) is 11.5 Å². The van der Waals surface area contributed by atoms with Gasteiger partial charge in [-0.25, -0.2) is 14.2 Å². The van der Waals surface area contributed by atoms with E-state index >= 15 is 0 Å². The molecule has 1 atom stereocenters. The highest BCUT2D eigenvalue weighted by Gasteiger charge is 2.42. The van der Waals surface area contributed by atoms with Gasteiger partial charge in [0.15, 0.2) is 0 Å². The van der Waals surface area contributed by atoms with Crippen molar-refractivity contribution in [3.63, 3.8) is 0 Å². The lowest BCUT2D eigenvalue weighted by molar-refractivity contribution is 0.182. The van der Waals surface area contributed by atoms with E-state index in [1.165, 1.54) is 17.0 Å². The summed E-state index contributed by atoms with van der Waals surface area (Å²) < 4.78 is 18.7. The first-order valence-corrected chi connectivity index (χ1v) is 8.00. The van der Waals surface area contributed by atoms with Crippen LogP contribution in [0.15, 0.2) is 36.5 Å². The Morgan fingerprint density at radius 1 is 1.29 bits per heavy atom. The summed E-state index contributed by atoms with van der Waals surface area (Å²) in [7, 11) is 0. The third kappa shape index (κ3) is 2.79. The van der Waals surface area contributed by atoms with Crippen LogP contribution in [0.4, 0.5) is 14.9 Å². The van der Waals surface area contributed by atoms with Gasteiger partial charge in [-0.05, 0) is 54.5 Å². The van der Waals surface area contributed by atoms with Gasteiger partial charge in [0.25, 0.3) is 0 Å². The van der Waals surface area contributed by atoms with Crippen molar-refractivity contribution in [2.45, 2.75) is 25.3 Å². The number of pyridine rings is 1. The molecule has 1 aliphatic heterocycles. The fourth-order valence-electron chi connectivity index (χ4n) is 3.19. The fourth-order valence-corrected chi connectivity index (χ4v) is 3.19.